The van der Waals surface area contributed by atoms with Crippen molar-refractivity contribution in [2.75, 3.05) is 13.1 Å². The maximum absolute atomic E-state index is 13.7. The quantitative estimate of drug-likeness (QED) is 0.329. The summed E-state index contributed by atoms with van der Waals surface area (Å²) in [4.78, 5) is 0. The van der Waals surface area contributed by atoms with Crippen molar-refractivity contribution in [2.24, 2.45) is 0 Å². The third-order valence-corrected chi connectivity index (χ3v) is 3.50. The molecule has 1 fully saturated rings. The minimum absolute atomic E-state index is 0.131. The van der Waals surface area contributed by atoms with Gasteiger partial charge >= 0.3 is 6.18 Å². The Hall–Kier alpha value is -1.40. The fourth-order valence-corrected chi connectivity index (χ4v) is 2.51. The van der Waals surface area contributed by atoms with E-state index in [-0.39, 0.29) is 18.7 Å². The summed E-state index contributed by atoms with van der Waals surface area (Å²) in [6.07, 6.45) is -3.19. The highest BCUT2D eigenvalue weighted by Gasteiger charge is 2.55. The number of quaternary nitrogens is 1. The Bertz CT molecular complexity index is 551. The Morgan fingerprint density at radius 3 is 2.50 bits per heavy atom. The summed E-state index contributed by atoms with van der Waals surface area (Å²) < 4.78 is 51.7. The molecule has 1 aromatic carbocycles. The van der Waals surface area contributed by atoms with Gasteiger partial charge in [-0.15, -0.1) is 0 Å². The Morgan fingerprint density at radius 1 is 1.28 bits per heavy atom. The van der Waals surface area contributed by atoms with E-state index in [0.29, 0.717) is 0 Å². The largest absolute Gasteiger partial charge is 0.632 e. The molecule has 1 saturated heterocycles. The molecule has 0 aromatic heterocycles. The minimum Gasteiger partial charge on any atom is -0.632 e. The molecule has 2 atom stereocenters. The zero-order valence-electron chi connectivity index (χ0n) is 9.17. The van der Waals surface area contributed by atoms with Crippen LogP contribution in [0.5, 0.6) is 0 Å². The van der Waals surface area contributed by atoms with Gasteiger partial charge in [0.25, 0.3) is 0 Å². The minimum atomic E-state index is -4.62. The molecule has 2 unspecified atom stereocenters. The van der Waals surface area contributed by atoms with Crippen molar-refractivity contribution in [1.82, 2.24) is 0 Å². The lowest BCUT2D eigenvalue weighted by Crippen LogP contribution is -2.16. The first-order valence-corrected chi connectivity index (χ1v) is 5.47. The van der Waals surface area contributed by atoms with E-state index in [2.05, 4.69) is 0 Å². The van der Waals surface area contributed by atoms with Crippen LogP contribution in [0.1, 0.15) is 11.1 Å². The van der Waals surface area contributed by atoms with E-state index in [1.807, 2.05) is 0 Å². The van der Waals surface area contributed by atoms with Crippen LogP contribution in [0.25, 0.3) is 5.57 Å². The molecule has 3 rings (SSSR count). The topological polar surface area (TPSA) is 23.1 Å². The number of benzene rings is 1. The summed E-state index contributed by atoms with van der Waals surface area (Å²) in [5.74, 6) is -0.920. The van der Waals surface area contributed by atoms with Gasteiger partial charge in [0.15, 0.2) is 6.04 Å². The maximum Gasteiger partial charge on any atom is 0.417 e. The number of alkyl halides is 3. The number of nitrogens with zero attached hydrogens (tertiary/aromatic N) is 1. The molecule has 0 aliphatic carbocycles. The van der Waals surface area contributed by atoms with Crippen molar-refractivity contribution in [1.29, 1.82) is 0 Å². The number of rotatable bonds is 1. The van der Waals surface area contributed by atoms with Crippen LogP contribution in [0.15, 0.2) is 24.3 Å². The van der Waals surface area contributed by atoms with Crippen LogP contribution >= 0.6 is 0 Å². The number of hydrogen-bond acceptors (Lipinski definition) is 1. The highest BCUT2D eigenvalue weighted by Crippen LogP contribution is 2.48. The van der Waals surface area contributed by atoms with Crippen LogP contribution in [-0.4, -0.2) is 23.8 Å². The fraction of sp³-hybridized carbons (Fsp3) is 0.333. The van der Waals surface area contributed by atoms with Crippen LogP contribution in [0.4, 0.5) is 17.6 Å². The Morgan fingerprint density at radius 2 is 2.00 bits per heavy atom. The van der Waals surface area contributed by atoms with Gasteiger partial charge in [0, 0.05) is 11.1 Å². The van der Waals surface area contributed by atoms with Gasteiger partial charge < -0.3 is 9.85 Å². The number of fused-ring (bicyclic) bond motifs is 1. The van der Waals surface area contributed by atoms with Crippen molar-refractivity contribution >= 4 is 5.57 Å². The number of hydrogen-bond donors (Lipinski definition) is 0. The molecule has 0 saturated carbocycles. The molecule has 0 N–H and O–H groups in total. The highest BCUT2D eigenvalue weighted by atomic mass is 19.4. The molecule has 96 valence electrons. The van der Waals surface area contributed by atoms with E-state index in [1.165, 1.54) is 6.08 Å². The van der Waals surface area contributed by atoms with Gasteiger partial charge in [0.2, 0.25) is 0 Å². The third kappa shape index (κ3) is 1.56. The Balaban J connectivity index is 2.12. The molecule has 0 bridgehead atoms. The average Bonchev–Trinajstić information content (AvgIpc) is 2.82. The smallest absolute Gasteiger partial charge is 0.417 e. The first-order valence-electron chi connectivity index (χ1n) is 5.47. The van der Waals surface area contributed by atoms with Crippen LogP contribution in [0.2, 0.25) is 0 Å². The molecule has 0 amide bonds. The van der Waals surface area contributed by atoms with Gasteiger partial charge in [-0.2, -0.15) is 13.2 Å². The van der Waals surface area contributed by atoms with Crippen LogP contribution in [0.3, 0.4) is 0 Å². The SMILES string of the molecule is [O-][N+]12CC=C(c3c(F)cccc3C(F)(F)F)C1C2. The third-order valence-electron chi connectivity index (χ3n) is 3.50. The van der Waals surface area contributed by atoms with E-state index in [0.717, 1.165) is 18.2 Å². The Kier molecular flexibility index (Phi) is 2.16. The van der Waals surface area contributed by atoms with Gasteiger partial charge in [-0.25, -0.2) is 4.39 Å². The summed E-state index contributed by atoms with van der Waals surface area (Å²) >= 11 is 0. The number of hydroxylamine groups is 3. The van der Waals surface area contributed by atoms with Gasteiger partial charge in [0.05, 0.1) is 12.1 Å². The summed E-state index contributed by atoms with van der Waals surface area (Å²) in [5.41, 5.74) is -1.26. The van der Waals surface area contributed by atoms with Gasteiger partial charge in [-0.05, 0) is 18.2 Å². The molecule has 2 aliphatic heterocycles. The van der Waals surface area contributed by atoms with E-state index >= 15 is 0 Å². The lowest BCUT2D eigenvalue weighted by molar-refractivity contribution is -0.742. The van der Waals surface area contributed by atoms with Crippen molar-refractivity contribution in [3.63, 3.8) is 0 Å². The normalized spacial score (nSPS) is 30.1. The molecule has 6 heteroatoms. The van der Waals surface area contributed by atoms with Crippen molar-refractivity contribution < 1.29 is 22.2 Å². The summed E-state index contributed by atoms with van der Waals surface area (Å²) in [7, 11) is 0. The second kappa shape index (κ2) is 3.33. The van der Waals surface area contributed by atoms with E-state index < -0.39 is 33.8 Å². The molecule has 0 radical (unpaired) electrons. The molecule has 0 spiro atoms. The van der Waals surface area contributed by atoms with Gasteiger partial charge in [0.1, 0.15) is 12.4 Å². The van der Waals surface area contributed by atoms with E-state index in [9.17, 15) is 22.8 Å². The fourth-order valence-electron chi connectivity index (χ4n) is 2.51. The highest BCUT2D eigenvalue weighted by molar-refractivity contribution is 5.75. The Labute approximate surface area is 100 Å². The van der Waals surface area contributed by atoms with Crippen LogP contribution in [0, 0.1) is 11.0 Å². The lowest BCUT2D eigenvalue weighted by Gasteiger charge is -2.18. The zero-order valence-corrected chi connectivity index (χ0v) is 9.17. The summed E-state index contributed by atoms with van der Waals surface area (Å²) in [5, 5.41) is 11.7. The van der Waals surface area contributed by atoms with Crippen molar-refractivity contribution in [2.45, 2.75) is 12.2 Å². The van der Waals surface area contributed by atoms with Crippen molar-refractivity contribution in [3.8, 4) is 0 Å². The van der Waals surface area contributed by atoms with Crippen molar-refractivity contribution in [3.05, 3.63) is 46.4 Å². The first kappa shape index (κ1) is 11.7. The molecule has 18 heavy (non-hydrogen) atoms. The zero-order chi connectivity index (χ0) is 13.1. The molecule has 2 heterocycles. The first-order chi connectivity index (χ1) is 8.33. The predicted octanol–water partition coefficient (Wildman–Crippen LogP) is 2.94. The standard InChI is InChI=1S/C12H9F4NO/c13-9-3-1-2-8(12(14,15)16)11(9)7-4-5-17(18)6-10(7)17/h1-4,10H,5-6H2. The van der Waals surface area contributed by atoms with Crippen LogP contribution in [-0.2, 0) is 6.18 Å². The second-order valence-corrected chi connectivity index (χ2v) is 4.65. The molecule has 2 nitrogen and oxygen atoms in total. The monoisotopic (exact) mass is 259 g/mol. The molecule has 2 aliphatic rings. The second-order valence-electron chi connectivity index (χ2n) is 4.65. The number of halogens is 4. The van der Waals surface area contributed by atoms with Crippen LogP contribution < -0.4 is 0 Å². The van der Waals surface area contributed by atoms with E-state index in [1.54, 1.807) is 0 Å². The average molecular weight is 259 g/mol. The molecular formula is C12H9F4NO. The summed E-state index contributed by atoms with van der Waals surface area (Å²) in [6.45, 7) is 0.378. The summed E-state index contributed by atoms with van der Waals surface area (Å²) in [6, 6.07) is 2.34. The predicted molar refractivity (Wildman–Crippen MR) is 56.5 cm³/mol. The molecular weight excluding hydrogens is 250 g/mol. The van der Waals surface area contributed by atoms with Gasteiger partial charge in [-0.1, -0.05) is 6.07 Å². The maximum atomic E-state index is 13.7. The molecule has 1 aromatic rings. The van der Waals surface area contributed by atoms with E-state index in [4.69, 9.17) is 0 Å². The van der Waals surface area contributed by atoms with Gasteiger partial charge in [-0.3, -0.25) is 0 Å². The lowest BCUT2D eigenvalue weighted by atomic mass is 9.96.